The number of carbonyl (C=O) groups is 2. The van der Waals surface area contributed by atoms with Gasteiger partial charge >= 0.3 is 0 Å². The number of anilines is 3. The topological polar surface area (TPSA) is 49.4 Å². The third-order valence-electron chi connectivity index (χ3n) is 3.98. The molecule has 0 saturated carbocycles. The molecule has 1 heterocycles. The molecule has 24 heavy (non-hydrogen) atoms. The molecule has 0 bridgehead atoms. The number of benzene rings is 2. The van der Waals surface area contributed by atoms with Crippen LogP contribution in [0, 0.1) is 5.92 Å². The molecule has 0 radical (unpaired) electrons. The van der Waals surface area contributed by atoms with E-state index in [1.54, 1.807) is 6.92 Å². The third-order valence-corrected chi connectivity index (χ3v) is 5.02. The largest absolute Gasteiger partial charge is 0.354 e. The third kappa shape index (κ3) is 3.97. The zero-order valence-electron chi connectivity index (χ0n) is 13.6. The summed E-state index contributed by atoms with van der Waals surface area (Å²) in [7, 11) is 0. The fraction of sp³-hybridized carbons (Fsp3) is 0.263. The van der Waals surface area contributed by atoms with E-state index in [0.717, 1.165) is 17.1 Å². The molecule has 0 aliphatic carbocycles. The Morgan fingerprint density at radius 2 is 1.88 bits per heavy atom. The van der Waals surface area contributed by atoms with Crippen LogP contribution in [0.25, 0.3) is 0 Å². The van der Waals surface area contributed by atoms with Gasteiger partial charge in [-0.05, 0) is 30.2 Å². The van der Waals surface area contributed by atoms with E-state index in [4.69, 9.17) is 0 Å². The summed E-state index contributed by atoms with van der Waals surface area (Å²) < 4.78 is 0. The molecule has 124 valence electrons. The van der Waals surface area contributed by atoms with E-state index in [1.807, 2.05) is 59.5 Å². The first-order valence-corrected chi connectivity index (χ1v) is 8.97. The number of carbonyl (C=O) groups excluding carboxylic acids is 2. The number of nitrogens with one attached hydrogen (secondary N) is 1. The highest BCUT2D eigenvalue weighted by molar-refractivity contribution is 8.13. The number of rotatable bonds is 5. The van der Waals surface area contributed by atoms with Gasteiger partial charge in [0.2, 0.25) is 5.91 Å². The molecule has 1 saturated heterocycles. The maximum Gasteiger partial charge on any atom is 0.227 e. The Balaban J connectivity index is 1.77. The van der Waals surface area contributed by atoms with Crippen molar-refractivity contribution in [3.8, 4) is 0 Å². The van der Waals surface area contributed by atoms with Crippen LogP contribution < -0.4 is 10.2 Å². The Morgan fingerprint density at radius 3 is 2.62 bits per heavy atom. The zero-order valence-corrected chi connectivity index (χ0v) is 14.4. The number of hydrogen-bond acceptors (Lipinski definition) is 4. The molecule has 1 unspecified atom stereocenters. The van der Waals surface area contributed by atoms with Gasteiger partial charge in [-0.3, -0.25) is 9.59 Å². The lowest BCUT2D eigenvalue weighted by Gasteiger charge is -2.21. The van der Waals surface area contributed by atoms with Crippen molar-refractivity contribution in [2.24, 2.45) is 5.92 Å². The summed E-state index contributed by atoms with van der Waals surface area (Å²) in [5, 5.41) is 3.49. The number of hydrogen-bond donors (Lipinski definition) is 1. The van der Waals surface area contributed by atoms with Crippen LogP contribution in [0.1, 0.15) is 13.3 Å². The smallest absolute Gasteiger partial charge is 0.227 e. The van der Waals surface area contributed by atoms with Crippen molar-refractivity contribution in [3.05, 3.63) is 54.6 Å². The van der Waals surface area contributed by atoms with E-state index in [2.05, 4.69) is 5.32 Å². The molecule has 1 N–H and O–H groups in total. The average molecular weight is 340 g/mol. The van der Waals surface area contributed by atoms with Crippen molar-refractivity contribution in [2.45, 2.75) is 13.3 Å². The Bertz CT molecular complexity index is 733. The molecular formula is C19H20N2O2S. The highest BCUT2D eigenvalue weighted by atomic mass is 32.2. The van der Waals surface area contributed by atoms with Crippen molar-refractivity contribution in [1.29, 1.82) is 0 Å². The quantitative estimate of drug-likeness (QED) is 0.892. The van der Waals surface area contributed by atoms with Gasteiger partial charge in [0, 0.05) is 31.3 Å². The number of nitrogens with zero attached hydrogens (tertiary/aromatic N) is 1. The molecule has 3 rings (SSSR count). The molecule has 2 aromatic carbocycles. The van der Waals surface area contributed by atoms with Gasteiger partial charge in [-0.2, -0.15) is 0 Å². The molecule has 4 nitrogen and oxygen atoms in total. The Morgan fingerprint density at radius 1 is 1.17 bits per heavy atom. The van der Waals surface area contributed by atoms with Gasteiger partial charge in [-0.15, -0.1) is 0 Å². The summed E-state index contributed by atoms with van der Waals surface area (Å²) in [4.78, 5) is 25.4. The molecule has 2 aromatic rings. The first kappa shape index (κ1) is 16.6. The zero-order chi connectivity index (χ0) is 16.9. The van der Waals surface area contributed by atoms with Gasteiger partial charge in [0.25, 0.3) is 0 Å². The van der Waals surface area contributed by atoms with Crippen molar-refractivity contribution in [2.75, 3.05) is 22.5 Å². The molecule has 1 fully saturated rings. The highest BCUT2D eigenvalue weighted by Crippen LogP contribution is 2.34. The molecule has 1 aliphatic rings. The predicted octanol–water partition coefficient (Wildman–Crippen LogP) is 4.06. The Kier molecular flexibility index (Phi) is 5.20. The van der Waals surface area contributed by atoms with Gasteiger partial charge < -0.3 is 10.2 Å². The lowest BCUT2D eigenvalue weighted by atomic mass is 10.1. The van der Waals surface area contributed by atoms with Gasteiger partial charge in [-0.1, -0.05) is 42.1 Å². The lowest BCUT2D eigenvalue weighted by molar-refractivity contribution is -0.117. The number of para-hydroxylation sites is 3. The second-order valence-corrected chi connectivity index (χ2v) is 7.08. The fourth-order valence-corrected chi connectivity index (χ4v) is 3.55. The molecule has 5 heteroatoms. The van der Waals surface area contributed by atoms with Crippen molar-refractivity contribution >= 4 is 39.8 Å². The Labute approximate surface area is 146 Å². The van der Waals surface area contributed by atoms with Crippen LogP contribution in [0.3, 0.4) is 0 Å². The second-order valence-electron chi connectivity index (χ2n) is 5.89. The lowest BCUT2D eigenvalue weighted by Crippen LogP contribution is -2.25. The van der Waals surface area contributed by atoms with Crippen LogP contribution in [0.2, 0.25) is 0 Å². The predicted molar refractivity (Wildman–Crippen MR) is 99.8 cm³/mol. The van der Waals surface area contributed by atoms with Crippen molar-refractivity contribution in [3.63, 3.8) is 0 Å². The summed E-state index contributed by atoms with van der Waals surface area (Å²) in [5.41, 5.74) is 2.79. The van der Waals surface area contributed by atoms with Crippen LogP contribution in [0.5, 0.6) is 0 Å². The van der Waals surface area contributed by atoms with Gasteiger partial charge in [0.05, 0.1) is 11.4 Å². The first-order valence-electron chi connectivity index (χ1n) is 7.98. The molecule has 0 aromatic heterocycles. The first-order chi connectivity index (χ1) is 11.6. The maximum atomic E-state index is 12.4. The van der Waals surface area contributed by atoms with E-state index < -0.39 is 0 Å². The van der Waals surface area contributed by atoms with E-state index in [-0.39, 0.29) is 16.9 Å². The van der Waals surface area contributed by atoms with Crippen LogP contribution in [-0.4, -0.2) is 23.3 Å². The molecular weight excluding hydrogens is 320 g/mol. The summed E-state index contributed by atoms with van der Waals surface area (Å²) in [6, 6.07) is 17.7. The highest BCUT2D eigenvalue weighted by Gasteiger charge is 2.31. The minimum Gasteiger partial charge on any atom is -0.354 e. The Hall–Kier alpha value is -2.27. The molecule has 1 atom stereocenters. The average Bonchev–Trinajstić information content (AvgIpc) is 2.95. The van der Waals surface area contributed by atoms with Crippen LogP contribution in [0.4, 0.5) is 17.1 Å². The normalized spacial score (nSPS) is 17.1. The van der Waals surface area contributed by atoms with Crippen LogP contribution in [-0.2, 0) is 9.59 Å². The fourth-order valence-electron chi connectivity index (χ4n) is 2.85. The number of thioether (sulfide) groups is 1. The molecule has 1 amide bonds. The summed E-state index contributed by atoms with van der Waals surface area (Å²) in [6.07, 6.45) is 0.500. The summed E-state index contributed by atoms with van der Waals surface area (Å²) in [5.74, 6) is 1.04. The molecule has 1 aliphatic heterocycles. The van der Waals surface area contributed by atoms with Crippen LogP contribution >= 0.6 is 11.8 Å². The van der Waals surface area contributed by atoms with Gasteiger partial charge in [0.15, 0.2) is 5.12 Å². The summed E-state index contributed by atoms with van der Waals surface area (Å²) >= 11 is 1.30. The van der Waals surface area contributed by atoms with Gasteiger partial charge in [0.1, 0.15) is 0 Å². The van der Waals surface area contributed by atoms with E-state index >= 15 is 0 Å². The summed E-state index contributed by atoms with van der Waals surface area (Å²) in [6.45, 7) is 2.23. The minimum atomic E-state index is 0.104. The second kappa shape index (κ2) is 7.53. The van der Waals surface area contributed by atoms with E-state index in [0.29, 0.717) is 18.7 Å². The van der Waals surface area contributed by atoms with E-state index in [9.17, 15) is 9.59 Å². The van der Waals surface area contributed by atoms with E-state index in [1.165, 1.54) is 11.8 Å². The van der Waals surface area contributed by atoms with Gasteiger partial charge in [-0.25, -0.2) is 0 Å². The van der Waals surface area contributed by atoms with Crippen molar-refractivity contribution in [1.82, 2.24) is 0 Å². The standard InChI is InChI=1S/C19H20N2O2S/c1-14(22)24-13-15-11-19(23)21(12-15)18-10-6-5-9-17(18)20-16-7-3-2-4-8-16/h2-10,15,20H,11-13H2,1H3. The maximum absolute atomic E-state index is 12.4. The minimum absolute atomic E-state index is 0.104. The molecule has 0 spiro atoms. The van der Waals surface area contributed by atoms with Crippen LogP contribution in [0.15, 0.2) is 54.6 Å². The monoisotopic (exact) mass is 340 g/mol. The van der Waals surface area contributed by atoms with Crippen molar-refractivity contribution < 1.29 is 9.59 Å². The SMILES string of the molecule is CC(=O)SCC1CC(=O)N(c2ccccc2Nc2ccccc2)C1. The number of amides is 1.